The first kappa shape index (κ1) is 23.4. The van der Waals surface area contributed by atoms with Crippen LogP contribution >= 0.6 is 0 Å². The second kappa shape index (κ2) is 11.4. The average molecular weight is 432 g/mol. The van der Waals surface area contributed by atoms with Crippen molar-refractivity contribution in [3.63, 3.8) is 0 Å². The Morgan fingerprint density at radius 1 is 0.656 bits per heavy atom. The van der Waals surface area contributed by atoms with Gasteiger partial charge in [-0.05, 0) is 84.8 Å². The van der Waals surface area contributed by atoms with E-state index in [2.05, 4.69) is 60.4 Å². The minimum Gasteiger partial charge on any atom is -0.497 e. The van der Waals surface area contributed by atoms with Crippen LogP contribution in [0.15, 0.2) is 72.8 Å². The van der Waals surface area contributed by atoms with Crippen LogP contribution in [0.3, 0.4) is 0 Å². The predicted octanol–water partition coefficient (Wildman–Crippen LogP) is 6.01. The van der Waals surface area contributed by atoms with Gasteiger partial charge in [0.05, 0.1) is 14.2 Å². The number of likely N-dealkylation sites (N-methyl/N-ethyl adjacent to an activating group) is 1. The maximum absolute atomic E-state index is 5.90. The summed E-state index contributed by atoms with van der Waals surface area (Å²) in [6.45, 7) is 3.75. The summed E-state index contributed by atoms with van der Waals surface area (Å²) in [5.74, 6) is 2.59. The van der Waals surface area contributed by atoms with E-state index in [-0.39, 0.29) is 0 Å². The molecular weight excluding hydrogens is 398 g/mol. The molecule has 3 aromatic rings. The van der Waals surface area contributed by atoms with Gasteiger partial charge >= 0.3 is 0 Å². The Labute approximate surface area is 192 Å². The van der Waals surface area contributed by atoms with Crippen LogP contribution in [0.2, 0.25) is 0 Å². The third-order valence-corrected chi connectivity index (χ3v) is 5.42. The number of ether oxygens (including phenoxy) is 3. The van der Waals surface area contributed by atoms with E-state index in [0.29, 0.717) is 6.61 Å². The van der Waals surface area contributed by atoms with Crippen molar-refractivity contribution >= 4 is 11.1 Å². The van der Waals surface area contributed by atoms with E-state index in [1.807, 2.05) is 38.4 Å². The van der Waals surface area contributed by atoms with Gasteiger partial charge < -0.3 is 19.1 Å². The molecule has 0 aliphatic rings. The minimum absolute atomic E-state index is 0.666. The maximum Gasteiger partial charge on any atom is 0.119 e. The fourth-order valence-corrected chi connectivity index (χ4v) is 3.65. The first-order valence-corrected chi connectivity index (χ1v) is 11.0. The van der Waals surface area contributed by atoms with Crippen LogP contribution in [0.25, 0.3) is 11.1 Å². The van der Waals surface area contributed by atoms with Crippen molar-refractivity contribution in [2.24, 2.45) is 0 Å². The molecule has 32 heavy (non-hydrogen) atoms. The Morgan fingerprint density at radius 2 is 1.09 bits per heavy atom. The van der Waals surface area contributed by atoms with Crippen molar-refractivity contribution in [1.29, 1.82) is 0 Å². The molecule has 0 spiro atoms. The molecule has 3 rings (SSSR count). The summed E-state index contributed by atoms with van der Waals surface area (Å²) in [6, 6.07) is 24.9. The van der Waals surface area contributed by atoms with E-state index in [9.17, 15) is 0 Å². The quantitative estimate of drug-likeness (QED) is 0.368. The molecule has 0 aromatic heterocycles. The van der Waals surface area contributed by atoms with Crippen molar-refractivity contribution in [3.05, 3.63) is 89.5 Å². The van der Waals surface area contributed by atoms with Gasteiger partial charge in [0.1, 0.15) is 23.9 Å². The lowest BCUT2D eigenvalue weighted by Gasteiger charge is -2.17. The number of methoxy groups -OCH3 is 2. The van der Waals surface area contributed by atoms with E-state index < -0.39 is 0 Å². The van der Waals surface area contributed by atoms with Crippen LogP contribution in [0.4, 0.5) is 0 Å². The zero-order valence-corrected chi connectivity index (χ0v) is 19.7. The van der Waals surface area contributed by atoms with Crippen molar-refractivity contribution in [1.82, 2.24) is 4.90 Å². The van der Waals surface area contributed by atoms with Gasteiger partial charge in [0, 0.05) is 6.54 Å². The highest BCUT2D eigenvalue weighted by Gasteiger charge is 2.14. The largest absolute Gasteiger partial charge is 0.497 e. The summed E-state index contributed by atoms with van der Waals surface area (Å²) < 4.78 is 16.6. The average Bonchev–Trinajstić information content (AvgIpc) is 2.83. The predicted molar refractivity (Wildman–Crippen MR) is 133 cm³/mol. The van der Waals surface area contributed by atoms with Gasteiger partial charge in [-0.1, -0.05) is 43.3 Å². The second-order valence-electron chi connectivity index (χ2n) is 7.84. The van der Waals surface area contributed by atoms with Crippen LogP contribution in [-0.4, -0.2) is 46.4 Å². The molecule has 0 aliphatic carbocycles. The molecular formula is C28H33NO3. The standard InChI is InChI=1S/C28H33NO3/c1-6-27(21-7-13-24(30-4)14-8-21)28(22-9-15-25(31-5)16-10-22)23-11-17-26(18-12-23)32-20-19-29(2)3/h7-18H,6,19-20H2,1-5H3/b28-27+. The first-order chi connectivity index (χ1) is 15.5. The third kappa shape index (κ3) is 5.92. The summed E-state index contributed by atoms with van der Waals surface area (Å²) in [6.07, 6.45) is 0.898. The van der Waals surface area contributed by atoms with Gasteiger partial charge in [-0.25, -0.2) is 0 Å². The Kier molecular flexibility index (Phi) is 8.34. The molecule has 3 aromatic carbocycles. The Morgan fingerprint density at radius 3 is 1.50 bits per heavy atom. The molecule has 0 heterocycles. The van der Waals surface area contributed by atoms with Crippen molar-refractivity contribution in [2.75, 3.05) is 41.5 Å². The summed E-state index contributed by atoms with van der Waals surface area (Å²) in [7, 11) is 7.47. The van der Waals surface area contributed by atoms with Crippen LogP contribution < -0.4 is 14.2 Å². The molecule has 4 nitrogen and oxygen atoms in total. The van der Waals surface area contributed by atoms with E-state index in [1.165, 1.54) is 16.7 Å². The zero-order chi connectivity index (χ0) is 22.9. The molecule has 0 radical (unpaired) electrons. The Balaban J connectivity index is 2.04. The molecule has 0 bridgehead atoms. The summed E-state index contributed by atoms with van der Waals surface area (Å²) in [4.78, 5) is 2.11. The van der Waals surface area contributed by atoms with Crippen LogP contribution in [0, 0.1) is 0 Å². The molecule has 168 valence electrons. The van der Waals surface area contributed by atoms with E-state index in [1.54, 1.807) is 14.2 Å². The van der Waals surface area contributed by atoms with Gasteiger partial charge in [0.15, 0.2) is 0 Å². The fourth-order valence-electron chi connectivity index (χ4n) is 3.65. The van der Waals surface area contributed by atoms with Crippen LogP contribution in [0.5, 0.6) is 17.2 Å². The van der Waals surface area contributed by atoms with E-state index in [4.69, 9.17) is 14.2 Å². The normalized spacial score (nSPS) is 11.8. The molecule has 0 aliphatic heterocycles. The Hall–Kier alpha value is -3.24. The summed E-state index contributed by atoms with van der Waals surface area (Å²) in [5, 5.41) is 0. The molecule has 0 atom stereocenters. The summed E-state index contributed by atoms with van der Waals surface area (Å²) in [5.41, 5.74) is 5.98. The van der Waals surface area contributed by atoms with Gasteiger partial charge in [-0.2, -0.15) is 0 Å². The van der Waals surface area contributed by atoms with Crippen molar-refractivity contribution < 1.29 is 14.2 Å². The third-order valence-electron chi connectivity index (χ3n) is 5.42. The van der Waals surface area contributed by atoms with Crippen molar-refractivity contribution in [2.45, 2.75) is 13.3 Å². The molecule has 0 saturated carbocycles. The van der Waals surface area contributed by atoms with Gasteiger partial charge in [0.2, 0.25) is 0 Å². The maximum atomic E-state index is 5.90. The van der Waals surface area contributed by atoms with E-state index in [0.717, 1.165) is 41.3 Å². The Bertz CT molecular complexity index is 1000. The number of benzene rings is 3. The van der Waals surface area contributed by atoms with Crippen LogP contribution in [0.1, 0.15) is 30.0 Å². The number of hydrogen-bond acceptors (Lipinski definition) is 4. The molecule has 0 amide bonds. The molecule has 0 N–H and O–H groups in total. The topological polar surface area (TPSA) is 30.9 Å². The highest BCUT2D eigenvalue weighted by molar-refractivity contribution is 5.98. The summed E-state index contributed by atoms with van der Waals surface area (Å²) >= 11 is 0. The van der Waals surface area contributed by atoms with Gasteiger partial charge in [0.25, 0.3) is 0 Å². The van der Waals surface area contributed by atoms with E-state index >= 15 is 0 Å². The smallest absolute Gasteiger partial charge is 0.119 e. The first-order valence-electron chi connectivity index (χ1n) is 11.0. The highest BCUT2D eigenvalue weighted by Crippen LogP contribution is 2.36. The molecule has 0 fully saturated rings. The van der Waals surface area contributed by atoms with Gasteiger partial charge in [-0.3, -0.25) is 0 Å². The monoisotopic (exact) mass is 431 g/mol. The zero-order valence-electron chi connectivity index (χ0n) is 19.7. The number of hydrogen-bond donors (Lipinski definition) is 0. The molecule has 4 heteroatoms. The van der Waals surface area contributed by atoms with Crippen molar-refractivity contribution in [3.8, 4) is 17.2 Å². The minimum atomic E-state index is 0.666. The van der Waals surface area contributed by atoms with Crippen LogP contribution in [-0.2, 0) is 0 Å². The second-order valence-corrected chi connectivity index (χ2v) is 7.84. The fraction of sp³-hybridized carbons (Fsp3) is 0.286. The molecule has 0 saturated heterocycles. The molecule has 0 unspecified atom stereocenters. The SMILES string of the molecule is CC/C(=C(/c1ccc(OC)cc1)c1ccc(OCCN(C)C)cc1)c1ccc(OC)cc1. The number of allylic oxidation sites excluding steroid dienone is 1. The number of nitrogens with zero attached hydrogens (tertiary/aromatic N) is 1. The lowest BCUT2D eigenvalue weighted by Crippen LogP contribution is -2.19. The lowest BCUT2D eigenvalue weighted by atomic mass is 9.88. The number of rotatable bonds is 10. The van der Waals surface area contributed by atoms with Gasteiger partial charge in [-0.15, -0.1) is 0 Å². The highest BCUT2D eigenvalue weighted by atomic mass is 16.5. The lowest BCUT2D eigenvalue weighted by molar-refractivity contribution is 0.261.